The Morgan fingerprint density at radius 1 is 1.00 bits per heavy atom. The van der Waals surface area contributed by atoms with Crippen molar-refractivity contribution >= 4 is 48.9 Å². The highest BCUT2D eigenvalue weighted by Crippen LogP contribution is 2.38. The van der Waals surface area contributed by atoms with Crippen molar-refractivity contribution in [3.05, 3.63) is 106 Å². The van der Waals surface area contributed by atoms with Crippen molar-refractivity contribution in [3.8, 4) is 11.3 Å². The second-order valence-corrected chi connectivity index (χ2v) is 12.0. The molecular weight excluding hydrogens is 581 g/mol. The molecule has 5 rings (SSSR count). The van der Waals surface area contributed by atoms with Gasteiger partial charge in [0.05, 0.1) is 11.6 Å². The number of nitrogen functional groups attached to an aromatic ring is 1. The minimum absolute atomic E-state index is 0.0355. The van der Waals surface area contributed by atoms with E-state index in [4.69, 9.17) is 22.5 Å². The minimum Gasteiger partial charge on any atom is -0.384 e. The average Bonchev–Trinajstić information content (AvgIpc) is 3.32. The number of nitrogens with zero attached hydrogens (tertiary/aromatic N) is 2. The second-order valence-electron chi connectivity index (χ2n) is 8.91. The first kappa shape index (κ1) is 29.5. The van der Waals surface area contributed by atoms with Crippen LogP contribution in [0.15, 0.2) is 90.1 Å². The standard InChI is InChI=1S/C23H17ClF3NS.C5H7N3O2S/c1-14(23(25,26)27)15-9-10-28-21(13-15)19-7-4-6-17-12-18(29-22(17)19)11-16-5-2-3-8-20(16)24;6-5-2-1-4(3-8-5)11(7,9)10/h2-10,12-14H,11H2,1H3;1-3H,(H2,6,8)(H2,7,9,10)/t14-;/m1./s1. The maximum absolute atomic E-state index is 13.1. The van der Waals surface area contributed by atoms with Crippen LogP contribution in [0.25, 0.3) is 21.3 Å². The lowest BCUT2D eigenvalue weighted by atomic mass is 9.99. The Bertz CT molecular complexity index is 1740. The Morgan fingerprint density at radius 3 is 2.40 bits per heavy atom. The molecule has 0 radical (unpaired) electrons. The number of rotatable bonds is 5. The molecule has 3 aromatic heterocycles. The van der Waals surface area contributed by atoms with Gasteiger partial charge in [0.25, 0.3) is 0 Å². The van der Waals surface area contributed by atoms with Gasteiger partial charge in [-0.05, 0) is 59.8 Å². The highest BCUT2D eigenvalue weighted by Gasteiger charge is 2.37. The second kappa shape index (κ2) is 11.9. The predicted molar refractivity (Wildman–Crippen MR) is 154 cm³/mol. The van der Waals surface area contributed by atoms with E-state index in [2.05, 4.69) is 16.0 Å². The number of primary sulfonamides is 1. The van der Waals surface area contributed by atoms with Crippen LogP contribution in [0.3, 0.4) is 0 Å². The number of pyridine rings is 2. The topological polar surface area (TPSA) is 112 Å². The van der Waals surface area contributed by atoms with Crippen molar-refractivity contribution in [3.63, 3.8) is 0 Å². The van der Waals surface area contributed by atoms with E-state index < -0.39 is 22.1 Å². The van der Waals surface area contributed by atoms with E-state index >= 15 is 0 Å². The Balaban J connectivity index is 0.000000283. The summed E-state index contributed by atoms with van der Waals surface area (Å²) in [5.74, 6) is -1.28. The summed E-state index contributed by atoms with van der Waals surface area (Å²) >= 11 is 7.91. The van der Waals surface area contributed by atoms with Crippen LogP contribution in [0.4, 0.5) is 19.0 Å². The fraction of sp³-hybridized carbons (Fsp3) is 0.143. The van der Waals surface area contributed by atoms with E-state index in [-0.39, 0.29) is 16.3 Å². The summed E-state index contributed by atoms with van der Waals surface area (Å²) < 4.78 is 61.7. The van der Waals surface area contributed by atoms with E-state index in [1.54, 1.807) is 17.4 Å². The van der Waals surface area contributed by atoms with Gasteiger partial charge >= 0.3 is 6.18 Å². The first-order valence-electron chi connectivity index (χ1n) is 11.8. The normalized spacial score (nSPS) is 12.6. The van der Waals surface area contributed by atoms with Gasteiger partial charge in [-0.3, -0.25) is 4.98 Å². The molecule has 0 saturated carbocycles. The van der Waals surface area contributed by atoms with Crippen LogP contribution in [0.1, 0.15) is 28.8 Å². The largest absolute Gasteiger partial charge is 0.395 e. The molecule has 3 heterocycles. The molecule has 0 bridgehead atoms. The molecule has 1 atom stereocenters. The zero-order chi connectivity index (χ0) is 29.1. The van der Waals surface area contributed by atoms with Gasteiger partial charge in [-0.25, -0.2) is 18.5 Å². The third kappa shape index (κ3) is 7.16. The number of sulfonamides is 1. The molecule has 6 nitrogen and oxygen atoms in total. The Labute approximate surface area is 238 Å². The first-order valence-corrected chi connectivity index (χ1v) is 14.6. The first-order chi connectivity index (χ1) is 18.8. The summed E-state index contributed by atoms with van der Waals surface area (Å²) in [5, 5.41) is 6.57. The number of hydrogen-bond donors (Lipinski definition) is 2. The number of hydrogen-bond acceptors (Lipinski definition) is 6. The number of alkyl halides is 3. The van der Waals surface area contributed by atoms with E-state index in [0.29, 0.717) is 12.1 Å². The molecule has 0 aliphatic carbocycles. The van der Waals surface area contributed by atoms with Gasteiger partial charge in [0.1, 0.15) is 10.7 Å². The van der Waals surface area contributed by atoms with Gasteiger partial charge in [0.2, 0.25) is 10.0 Å². The lowest BCUT2D eigenvalue weighted by molar-refractivity contribution is -0.146. The number of benzene rings is 2. The molecule has 0 fully saturated rings. The fourth-order valence-electron chi connectivity index (χ4n) is 3.85. The van der Waals surface area contributed by atoms with Crippen LogP contribution >= 0.6 is 22.9 Å². The van der Waals surface area contributed by atoms with Gasteiger partial charge < -0.3 is 5.73 Å². The van der Waals surface area contributed by atoms with E-state index in [9.17, 15) is 21.6 Å². The lowest BCUT2D eigenvalue weighted by Gasteiger charge is -2.16. The van der Waals surface area contributed by atoms with Crippen LogP contribution in [0.2, 0.25) is 5.02 Å². The van der Waals surface area contributed by atoms with E-state index in [1.807, 2.05) is 42.5 Å². The molecule has 0 aliphatic heterocycles. The zero-order valence-corrected chi connectivity index (χ0v) is 23.5. The highest BCUT2D eigenvalue weighted by atomic mass is 35.5. The fourth-order valence-corrected chi connectivity index (χ4v) is 5.71. The van der Waals surface area contributed by atoms with Crippen molar-refractivity contribution in [2.75, 3.05) is 5.73 Å². The molecule has 208 valence electrons. The Kier molecular flexibility index (Phi) is 8.79. The van der Waals surface area contributed by atoms with Gasteiger partial charge in [0.15, 0.2) is 0 Å². The number of nitrogens with two attached hydrogens (primary N) is 2. The van der Waals surface area contributed by atoms with Crippen molar-refractivity contribution in [2.45, 2.75) is 30.3 Å². The van der Waals surface area contributed by atoms with E-state index in [1.165, 1.54) is 31.3 Å². The summed E-state index contributed by atoms with van der Waals surface area (Å²) in [6.07, 6.45) is -1.01. The molecular formula is C28H24ClF3N4O2S2. The van der Waals surface area contributed by atoms with Crippen molar-refractivity contribution in [1.82, 2.24) is 9.97 Å². The van der Waals surface area contributed by atoms with Crippen LogP contribution < -0.4 is 10.9 Å². The summed E-state index contributed by atoms with van der Waals surface area (Å²) in [6, 6.07) is 21.3. The Morgan fingerprint density at radius 2 is 1.75 bits per heavy atom. The Hall–Kier alpha value is -3.51. The summed E-state index contributed by atoms with van der Waals surface area (Å²) in [6.45, 7) is 1.17. The van der Waals surface area contributed by atoms with Gasteiger partial charge in [0, 0.05) is 39.0 Å². The number of thiophene rings is 1. The van der Waals surface area contributed by atoms with Crippen molar-refractivity contribution < 1.29 is 21.6 Å². The molecule has 40 heavy (non-hydrogen) atoms. The van der Waals surface area contributed by atoms with Crippen LogP contribution in [-0.2, 0) is 16.4 Å². The molecule has 12 heteroatoms. The number of fused-ring (bicyclic) bond motifs is 1. The number of aromatic nitrogens is 2. The monoisotopic (exact) mass is 604 g/mol. The zero-order valence-electron chi connectivity index (χ0n) is 21.1. The molecule has 2 aromatic carbocycles. The molecule has 0 unspecified atom stereocenters. The SMILES string of the molecule is C[C@H](c1ccnc(-c2cccc3cc(Cc4ccccc4Cl)sc23)c1)C(F)(F)F.Nc1ccc(S(N)(=O)=O)cn1. The van der Waals surface area contributed by atoms with Crippen molar-refractivity contribution in [1.29, 1.82) is 0 Å². The van der Waals surface area contributed by atoms with Crippen LogP contribution in [0, 0.1) is 0 Å². The van der Waals surface area contributed by atoms with Gasteiger partial charge in [-0.15, -0.1) is 11.3 Å². The molecule has 0 spiro atoms. The molecule has 0 aliphatic rings. The predicted octanol–water partition coefficient (Wildman–Crippen LogP) is 7.18. The average molecular weight is 605 g/mol. The quantitative estimate of drug-likeness (QED) is 0.221. The van der Waals surface area contributed by atoms with Crippen LogP contribution in [-0.4, -0.2) is 24.6 Å². The van der Waals surface area contributed by atoms with E-state index in [0.717, 1.165) is 37.3 Å². The molecule has 0 saturated heterocycles. The van der Waals surface area contributed by atoms with Gasteiger partial charge in [-0.1, -0.05) is 48.0 Å². The number of anilines is 1. The lowest BCUT2D eigenvalue weighted by Crippen LogP contribution is -2.17. The van der Waals surface area contributed by atoms with Crippen molar-refractivity contribution in [2.24, 2.45) is 5.14 Å². The van der Waals surface area contributed by atoms with Crippen LogP contribution in [0.5, 0.6) is 0 Å². The molecule has 4 N–H and O–H groups in total. The molecule has 0 amide bonds. The molecule has 5 aromatic rings. The third-order valence-electron chi connectivity index (χ3n) is 6.06. The third-order valence-corrected chi connectivity index (χ3v) is 8.51. The summed E-state index contributed by atoms with van der Waals surface area (Å²) in [4.78, 5) is 9.02. The number of halogens is 4. The summed E-state index contributed by atoms with van der Waals surface area (Å²) in [5.41, 5.74) is 7.87. The highest BCUT2D eigenvalue weighted by molar-refractivity contribution is 7.89. The van der Waals surface area contributed by atoms with Gasteiger partial charge in [-0.2, -0.15) is 13.2 Å². The minimum atomic E-state index is -4.28. The maximum atomic E-state index is 13.1. The maximum Gasteiger partial charge on any atom is 0.395 e. The summed E-state index contributed by atoms with van der Waals surface area (Å²) in [7, 11) is -3.64. The smallest absolute Gasteiger partial charge is 0.384 e.